The summed E-state index contributed by atoms with van der Waals surface area (Å²) in [4.78, 5) is 28.7. The number of hydrogen-bond acceptors (Lipinski definition) is 4. The summed E-state index contributed by atoms with van der Waals surface area (Å²) in [5, 5.41) is 0. The number of allylic oxidation sites excluding steroid dienone is 3. The minimum Gasteiger partial charge on any atom is -0.493 e. The fourth-order valence-electron chi connectivity index (χ4n) is 5.70. The third-order valence-electron chi connectivity index (χ3n) is 7.68. The zero-order valence-corrected chi connectivity index (χ0v) is 22.2. The van der Waals surface area contributed by atoms with Crippen LogP contribution >= 0.6 is 0 Å². The second-order valence-corrected chi connectivity index (χ2v) is 11.3. The molecule has 2 atom stereocenters. The number of primary amides is 1. The Morgan fingerprint density at radius 3 is 2.55 bits per heavy atom. The van der Waals surface area contributed by atoms with Crippen molar-refractivity contribution in [3.63, 3.8) is 0 Å². The van der Waals surface area contributed by atoms with Crippen molar-refractivity contribution in [2.45, 2.75) is 69.8 Å². The molecule has 0 spiro atoms. The van der Waals surface area contributed by atoms with Gasteiger partial charge in [0.05, 0.1) is 6.61 Å². The smallest absolute Gasteiger partial charge is 0.265 e. The van der Waals surface area contributed by atoms with Crippen LogP contribution in [0, 0.1) is 11.7 Å². The average molecular weight is 534 g/mol. The molecule has 3 aliphatic rings. The highest BCUT2D eigenvalue weighted by atomic mass is 19.1. The average Bonchev–Trinajstić information content (AvgIpc) is 2.87. The maximum Gasteiger partial charge on any atom is 0.265 e. The lowest BCUT2D eigenvalue weighted by Crippen LogP contribution is -2.56. The number of alkyl halides is 2. The molecule has 1 aliphatic carbocycles. The summed E-state index contributed by atoms with van der Waals surface area (Å²) in [5.41, 5.74) is 1.65. The van der Waals surface area contributed by atoms with Crippen LogP contribution in [0.2, 0.25) is 0 Å². The van der Waals surface area contributed by atoms with Crippen LogP contribution in [0.15, 0.2) is 36.4 Å². The van der Waals surface area contributed by atoms with Gasteiger partial charge < -0.3 is 20.3 Å². The maximum absolute atomic E-state index is 16.5. The van der Waals surface area contributed by atoms with Gasteiger partial charge in [0.15, 0.2) is 0 Å². The monoisotopic (exact) mass is 533 g/mol. The van der Waals surface area contributed by atoms with Crippen molar-refractivity contribution < 1.29 is 27.5 Å². The van der Waals surface area contributed by atoms with E-state index in [1.807, 2.05) is 0 Å². The normalized spacial score (nSPS) is 25.2. The third kappa shape index (κ3) is 6.42. The molecule has 1 aromatic carbocycles. The van der Waals surface area contributed by atoms with Gasteiger partial charge in [0, 0.05) is 36.7 Å². The van der Waals surface area contributed by atoms with Crippen molar-refractivity contribution >= 4 is 17.4 Å². The number of ether oxygens (including phenoxy) is 1. The van der Waals surface area contributed by atoms with Crippen LogP contribution in [-0.2, 0) is 9.59 Å². The lowest BCUT2D eigenvalue weighted by Gasteiger charge is -2.39. The Labute approximate surface area is 222 Å². The van der Waals surface area contributed by atoms with Crippen LogP contribution in [0.1, 0.15) is 57.9 Å². The summed E-state index contributed by atoms with van der Waals surface area (Å²) in [7, 11) is 0. The van der Waals surface area contributed by atoms with Crippen molar-refractivity contribution in [2.24, 2.45) is 11.7 Å². The molecule has 208 valence electrons. The summed E-state index contributed by atoms with van der Waals surface area (Å²) >= 11 is 0. The van der Waals surface area contributed by atoms with Gasteiger partial charge in [-0.25, -0.2) is 13.2 Å². The molecule has 0 bridgehead atoms. The molecule has 2 aliphatic heterocycles. The van der Waals surface area contributed by atoms with Gasteiger partial charge in [-0.05, 0) is 77.1 Å². The van der Waals surface area contributed by atoms with E-state index in [0.29, 0.717) is 31.7 Å². The van der Waals surface area contributed by atoms with Crippen LogP contribution in [0.5, 0.6) is 5.75 Å². The van der Waals surface area contributed by atoms with Crippen molar-refractivity contribution in [1.82, 2.24) is 9.80 Å². The number of nitrogens with two attached hydrogens (primary N) is 1. The van der Waals surface area contributed by atoms with Crippen LogP contribution < -0.4 is 10.5 Å². The van der Waals surface area contributed by atoms with E-state index in [1.165, 1.54) is 29.2 Å². The van der Waals surface area contributed by atoms with E-state index >= 15 is 8.78 Å². The number of rotatable bonds is 8. The van der Waals surface area contributed by atoms with Crippen LogP contribution in [-0.4, -0.2) is 71.8 Å². The molecule has 2 N–H and O–H groups in total. The number of carbonyl (C=O) groups excluding carboxylic acids is 2. The lowest BCUT2D eigenvalue weighted by atomic mass is 9.81. The zero-order chi connectivity index (χ0) is 27.5. The second-order valence-electron chi connectivity index (χ2n) is 11.3. The molecule has 9 heteroatoms. The molecule has 2 fully saturated rings. The molecular formula is C29H38F3N3O3. The van der Waals surface area contributed by atoms with Crippen molar-refractivity contribution in [1.29, 1.82) is 0 Å². The highest BCUT2D eigenvalue weighted by molar-refractivity contribution is 6.02. The molecule has 2 unspecified atom stereocenters. The maximum atomic E-state index is 16.5. The van der Waals surface area contributed by atoms with Gasteiger partial charge in [0.1, 0.15) is 23.3 Å². The summed E-state index contributed by atoms with van der Waals surface area (Å²) in [5.74, 6) is -1.61. The number of halogens is 3. The first kappa shape index (κ1) is 28.2. The van der Waals surface area contributed by atoms with Gasteiger partial charge in [-0.1, -0.05) is 18.2 Å². The quantitative estimate of drug-likeness (QED) is 0.531. The molecule has 1 aromatic rings. The first-order valence-electron chi connectivity index (χ1n) is 13.5. The Balaban J connectivity index is 1.43. The van der Waals surface area contributed by atoms with Crippen molar-refractivity contribution in [3.05, 3.63) is 47.8 Å². The van der Waals surface area contributed by atoms with Gasteiger partial charge >= 0.3 is 0 Å². The highest BCUT2D eigenvalue weighted by Crippen LogP contribution is 2.41. The first-order valence-corrected chi connectivity index (χ1v) is 13.5. The molecule has 2 heterocycles. The molecule has 0 radical (unpaired) electrons. The molecule has 0 saturated carbocycles. The Morgan fingerprint density at radius 2 is 1.89 bits per heavy atom. The topological polar surface area (TPSA) is 75.9 Å². The molecule has 4 rings (SSSR count). The van der Waals surface area contributed by atoms with E-state index in [4.69, 9.17) is 10.5 Å². The second kappa shape index (κ2) is 11.5. The Morgan fingerprint density at radius 1 is 1.16 bits per heavy atom. The lowest BCUT2D eigenvalue weighted by molar-refractivity contribution is -0.148. The minimum absolute atomic E-state index is 0.0210. The number of amides is 2. The van der Waals surface area contributed by atoms with E-state index < -0.39 is 35.0 Å². The molecule has 2 amide bonds. The first-order chi connectivity index (χ1) is 18.0. The number of likely N-dealkylation sites (tertiary alicyclic amines) is 2. The highest BCUT2D eigenvalue weighted by Gasteiger charge is 2.48. The standard InChI is InChI=1S/C29H38F3N3O3/c1-28(2,31)19-34-15-11-20(12-16-34)18-38-21-9-10-22(24(30)17-21)23-7-3-5-13-29(23,32)27(37)35-14-6-4-8-25(35)26(33)36/h3,5,7,9-10,17,20,25H,4,6,8,11-16,18-19H2,1-2H3,(H2,33,36). The van der Waals surface area contributed by atoms with Gasteiger partial charge in [-0.15, -0.1) is 0 Å². The number of carbonyl (C=O) groups is 2. The Kier molecular flexibility index (Phi) is 8.55. The molecular weight excluding hydrogens is 495 g/mol. The summed E-state index contributed by atoms with van der Waals surface area (Å²) in [6.45, 7) is 5.77. The number of benzene rings is 1. The van der Waals surface area contributed by atoms with E-state index in [0.717, 1.165) is 32.4 Å². The summed E-state index contributed by atoms with van der Waals surface area (Å²) in [6.07, 6.45) is 7.78. The Hall–Kier alpha value is -2.81. The molecule has 38 heavy (non-hydrogen) atoms. The fourth-order valence-corrected chi connectivity index (χ4v) is 5.70. The number of nitrogens with zero attached hydrogens (tertiary/aromatic N) is 2. The van der Waals surface area contributed by atoms with Crippen LogP contribution in [0.3, 0.4) is 0 Å². The zero-order valence-electron chi connectivity index (χ0n) is 22.2. The Bertz CT molecular complexity index is 1090. The van der Waals surface area contributed by atoms with E-state index in [1.54, 1.807) is 26.0 Å². The number of piperidine rings is 2. The van der Waals surface area contributed by atoms with Gasteiger partial charge in [0.2, 0.25) is 11.6 Å². The van der Waals surface area contributed by atoms with Gasteiger partial charge in [0.25, 0.3) is 5.91 Å². The summed E-state index contributed by atoms with van der Waals surface area (Å²) in [6, 6.07) is 3.36. The molecule has 2 saturated heterocycles. The summed E-state index contributed by atoms with van der Waals surface area (Å²) < 4.78 is 51.5. The van der Waals surface area contributed by atoms with Gasteiger partial charge in [-0.3, -0.25) is 9.59 Å². The predicted molar refractivity (Wildman–Crippen MR) is 140 cm³/mol. The van der Waals surface area contributed by atoms with E-state index in [2.05, 4.69) is 4.90 Å². The van der Waals surface area contributed by atoms with Crippen LogP contribution in [0.25, 0.3) is 5.57 Å². The van der Waals surface area contributed by atoms with Crippen molar-refractivity contribution in [3.8, 4) is 5.75 Å². The third-order valence-corrected chi connectivity index (χ3v) is 7.68. The fraction of sp³-hybridized carbons (Fsp3) is 0.586. The molecule has 0 aromatic heterocycles. The van der Waals surface area contributed by atoms with Crippen LogP contribution in [0.4, 0.5) is 13.2 Å². The van der Waals surface area contributed by atoms with Crippen molar-refractivity contribution in [2.75, 3.05) is 32.8 Å². The minimum atomic E-state index is -2.51. The van der Waals surface area contributed by atoms with E-state index in [9.17, 15) is 14.0 Å². The van der Waals surface area contributed by atoms with Gasteiger partial charge in [-0.2, -0.15) is 0 Å². The number of hydrogen-bond donors (Lipinski definition) is 1. The molecule has 6 nitrogen and oxygen atoms in total. The van der Waals surface area contributed by atoms with E-state index in [-0.39, 0.29) is 30.0 Å². The predicted octanol–water partition coefficient (Wildman–Crippen LogP) is 4.58. The largest absolute Gasteiger partial charge is 0.493 e. The SMILES string of the molecule is CC(C)(F)CN1CCC(COc2ccc(C3=CC=CCC3(F)C(=O)N3CCCCC3C(N)=O)c(F)c2)CC1.